The highest BCUT2D eigenvalue weighted by Crippen LogP contribution is 2.37. The molecule has 1 aromatic rings. The molecule has 0 bridgehead atoms. The van der Waals surface area contributed by atoms with E-state index in [1.54, 1.807) is 0 Å². The molecule has 8 heteroatoms. The molecule has 3 aliphatic heterocycles. The van der Waals surface area contributed by atoms with E-state index in [-0.39, 0.29) is 43.6 Å². The highest BCUT2D eigenvalue weighted by atomic mass is 35.5. The summed E-state index contributed by atoms with van der Waals surface area (Å²) in [6.45, 7) is 3.87. The van der Waals surface area contributed by atoms with E-state index >= 15 is 0 Å². The first-order valence-corrected chi connectivity index (χ1v) is 8.35. The number of ether oxygens (including phenoxy) is 2. The quantitative estimate of drug-likeness (QED) is 0.732. The Morgan fingerprint density at radius 2 is 1.96 bits per heavy atom. The van der Waals surface area contributed by atoms with Crippen LogP contribution in [0.1, 0.15) is 24.8 Å². The molecule has 1 unspecified atom stereocenters. The van der Waals surface area contributed by atoms with Crippen molar-refractivity contribution >= 4 is 30.7 Å². The van der Waals surface area contributed by atoms with Crippen LogP contribution in [0.25, 0.3) is 0 Å². The molecule has 3 heterocycles. The van der Waals surface area contributed by atoms with E-state index < -0.39 is 0 Å². The zero-order chi connectivity index (χ0) is 15.7. The largest absolute Gasteiger partial charge is 0.454 e. The standard InChI is InChI=1S/C17H23N3O3.2ClH/c21-16(13-8-17(10-20-13)3-5-18-6-4-17)19-9-12-1-2-14-15(7-12)23-11-22-14;;/h1-2,7,13,18,20H,3-6,8-11H2,(H,19,21);2*1H. The van der Waals surface area contributed by atoms with Crippen molar-refractivity contribution in [2.75, 3.05) is 26.4 Å². The van der Waals surface area contributed by atoms with Crippen LogP contribution < -0.4 is 25.4 Å². The minimum Gasteiger partial charge on any atom is -0.454 e. The lowest BCUT2D eigenvalue weighted by Gasteiger charge is -2.33. The van der Waals surface area contributed by atoms with Crippen molar-refractivity contribution in [2.24, 2.45) is 5.41 Å². The van der Waals surface area contributed by atoms with Gasteiger partial charge in [0, 0.05) is 13.1 Å². The number of carbonyl (C=O) groups is 1. The topological polar surface area (TPSA) is 71.6 Å². The number of hydrogen-bond acceptors (Lipinski definition) is 5. The van der Waals surface area contributed by atoms with Crippen molar-refractivity contribution in [1.29, 1.82) is 0 Å². The third kappa shape index (κ3) is 4.31. The Balaban J connectivity index is 0.00000113. The number of fused-ring (bicyclic) bond motifs is 1. The molecule has 1 atom stereocenters. The highest BCUT2D eigenvalue weighted by Gasteiger charge is 2.41. The molecule has 1 aromatic carbocycles. The molecule has 2 saturated heterocycles. The van der Waals surface area contributed by atoms with Gasteiger partial charge in [-0.15, -0.1) is 24.8 Å². The van der Waals surface area contributed by atoms with Crippen LogP contribution in [0.3, 0.4) is 0 Å². The summed E-state index contributed by atoms with van der Waals surface area (Å²) in [7, 11) is 0. The molecule has 0 radical (unpaired) electrons. The smallest absolute Gasteiger partial charge is 0.237 e. The zero-order valence-corrected chi connectivity index (χ0v) is 15.6. The lowest BCUT2D eigenvalue weighted by molar-refractivity contribution is -0.123. The van der Waals surface area contributed by atoms with Crippen LogP contribution in [0.4, 0.5) is 0 Å². The summed E-state index contributed by atoms with van der Waals surface area (Å²) in [6.07, 6.45) is 3.26. The van der Waals surface area contributed by atoms with Crippen molar-refractivity contribution in [3.05, 3.63) is 23.8 Å². The summed E-state index contributed by atoms with van der Waals surface area (Å²) in [6, 6.07) is 5.72. The number of carbonyl (C=O) groups excluding carboxylic acids is 1. The van der Waals surface area contributed by atoms with Crippen molar-refractivity contribution in [1.82, 2.24) is 16.0 Å². The van der Waals surface area contributed by atoms with Crippen LogP contribution in [0.15, 0.2) is 18.2 Å². The van der Waals surface area contributed by atoms with Gasteiger partial charge in [0.1, 0.15) is 0 Å². The van der Waals surface area contributed by atoms with Gasteiger partial charge in [-0.25, -0.2) is 0 Å². The van der Waals surface area contributed by atoms with Gasteiger partial charge in [-0.05, 0) is 55.5 Å². The first kappa shape index (κ1) is 20.1. The van der Waals surface area contributed by atoms with Crippen LogP contribution >= 0.6 is 24.8 Å². The Bertz CT molecular complexity index is 609. The van der Waals surface area contributed by atoms with E-state index in [0.29, 0.717) is 12.0 Å². The first-order valence-electron chi connectivity index (χ1n) is 8.35. The molecule has 140 valence electrons. The summed E-state index contributed by atoms with van der Waals surface area (Å²) in [5.41, 5.74) is 1.34. The van der Waals surface area contributed by atoms with E-state index in [0.717, 1.165) is 56.0 Å². The van der Waals surface area contributed by atoms with Gasteiger partial charge in [0.15, 0.2) is 11.5 Å². The molecule has 1 spiro atoms. The van der Waals surface area contributed by atoms with Gasteiger partial charge >= 0.3 is 0 Å². The van der Waals surface area contributed by atoms with Gasteiger partial charge in [-0.2, -0.15) is 0 Å². The maximum absolute atomic E-state index is 12.4. The van der Waals surface area contributed by atoms with Crippen molar-refractivity contribution < 1.29 is 14.3 Å². The van der Waals surface area contributed by atoms with Crippen LogP contribution in [0, 0.1) is 5.41 Å². The Labute approximate surface area is 160 Å². The zero-order valence-electron chi connectivity index (χ0n) is 14.0. The maximum atomic E-state index is 12.4. The summed E-state index contributed by atoms with van der Waals surface area (Å²) in [5, 5.41) is 9.85. The molecule has 1 amide bonds. The van der Waals surface area contributed by atoms with E-state index in [1.807, 2.05) is 18.2 Å². The van der Waals surface area contributed by atoms with Crippen LogP contribution in [0.5, 0.6) is 11.5 Å². The molecular weight excluding hydrogens is 365 g/mol. The number of rotatable bonds is 3. The molecule has 4 rings (SSSR count). The number of hydrogen-bond donors (Lipinski definition) is 3. The van der Waals surface area contributed by atoms with Crippen molar-refractivity contribution in [3.63, 3.8) is 0 Å². The summed E-state index contributed by atoms with van der Waals surface area (Å²) in [5.74, 6) is 1.62. The predicted octanol–water partition coefficient (Wildman–Crippen LogP) is 1.61. The average molecular weight is 390 g/mol. The first-order chi connectivity index (χ1) is 11.2. The van der Waals surface area contributed by atoms with Gasteiger partial charge in [-0.3, -0.25) is 4.79 Å². The van der Waals surface area contributed by atoms with Crippen LogP contribution in [-0.4, -0.2) is 38.4 Å². The summed E-state index contributed by atoms with van der Waals surface area (Å²) < 4.78 is 10.7. The van der Waals surface area contributed by atoms with Gasteiger partial charge in [0.25, 0.3) is 0 Å². The second kappa shape index (κ2) is 8.45. The molecular formula is C17H25Cl2N3O3. The number of amides is 1. The third-order valence-electron chi connectivity index (χ3n) is 5.25. The normalized spacial score (nSPS) is 22.8. The Morgan fingerprint density at radius 3 is 2.76 bits per heavy atom. The second-order valence-electron chi connectivity index (χ2n) is 6.79. The Hall–Kier alpha value is -1.21. The number of benzene rings is 1. The minimum atomic E-state index is -0.0675. The third-order valence-corrected chi connectivity index (χ3v) is 5.25. The van der Waals surface area contributed by atoms with Crippen molar-refractivity contribution in [3.8, 4) is 11.5 Å². The lowest BCUT2D eigenvalue weighted by Crippen LogP contribution is -2.40. The fourth-order valence-electron chi connectivity index (χ4n) is 3.80. The van der Waals surface area contributed by atoms with E-state index in [2.05, 4.69) is 16.0 Å². The van der Waals surface area contributed by atoms with E-state index in [4.69, 9.17) is 9.47 Å². The number of nitrogens with one attached hydrogen (secondary N) is 3. The number of halogens is 2. The van der Waals surface area contributed by atoms with Crippen molar-refractivity contribution in [2.45, 2.75) is 31.8 Å². The second-order valence-corrected chi connectivity index (χ2v) is 6.79. The summed E-state index contributed by atoms with van der Waals surface area (Å²) in [4.78, 5) is 12.4. The fourth-order valence-corrected chi connectivity index (χ4v) is 3.80. The molecule has 25 heavy (non-hydrogen) atoms. The highest BCUT2D eigenvalue weighted by molar-refractivity contribution is 5.85. The lowest BCUT2D eigenvalue weighted by atomic mass is 9.77. The number of piperidine rings is 1. The van der Waals surface area contributed by atoms with Gasteiger partial charge in [-0.1, -0.05) is 6.07 Å². The van der Waals surface area contributed by atoms with Crippen LogP contribution in [-0.2, 0) is 11.3 Å². The molecule has 0 aliphatic carbocycles. The molecule has 0 aromatic heterocycles. The minimum absolute atomic E-state index is 0. The predicted molar refractivity (Wildman–Crippen MR) is 99.9 cm³/mol. The molecule has 0 saturated carbocycles. The van der Waals surface area contributed by atoms with E-state index in [9.17, 15) is 4.79 Å². The molecule has 6 nitrogen and oxygen atoms in total. The monoisotopic (exact) mass is 389 g/mol. The average Bonchev–Trinajstić information content (AvgIpc) is 3.20. The van der Waals surface area contributed by atoms with Gasteiger partial charge in [0.2, 0.25) is 12.7 Å². The molecule has 3 aliphatic rings. The van der Waals surface area contributed by atoms with Gasteiger partial charge < -0.3 is 25.4 Å². The molecule has 2 fully saturated rings. The Kier molecular flexibility index (Phi) is 6.79. The molecule has 3 N–H and O–H groups in total. The summed E-state index contributed by atoms with van der Waals surface area (Å²) >= 11 is 0. The maximum Gasteiger partial charge on any atom is 0.237 e. The SMILES string of the molecule is Cl.Cl.O=C(NCc1ccc2c(c1)OCO2)C1CC2(CCNCC2)CN1. The van der Waals surface area contributed by atoms with Crippen LogP contribution in [0.2, 0.25) is 0 Å². The van der Waals surface area contributed by atoms with E-state index in [1.165, 1.54) is 0 Å². The Morgan fingerprint density at radius 1 is 1.20 bits per heavy atom. The van der Waals surface area contributed by atoms with Gasteiger partial charge in [0.05, 0.1) is 6.04 Å². The fraction of sp³-hybridized carbons (Fsp3) is 0.588.